The predicted molar refractivity (Wildman–Crippen MR) is 57.2 cm³/mol. The van der Waals surface area contributed by atoms with E-state index in [-0.39, 0.29) is 6.04 Å². The molecule has 1 unspecified atom stereocenters. The van der Waals surface area contributed by atoms with Crippen LogP contribution in [0.5, 0.6) is 0 Å². The summed E-state index contributed by atoms with van der Waals surface area (Å²) >= 11 is 3.29. The molecule has 0 bridgehead atoms. The maximum Gasteiger partial charge on any atom is 0.114 e. The van der Waals surface area contributed by atoms with E-state index in [1.807, 2.05) is 23.8 Å². The third-order valence-electron chi connectivity index (χ3n) is 1.81. The van der Waals surface area contributed by atoms with Gasteiger partial charge in [-0.1, -0.05) is 0 Å². The normalized spacial score (nSPS) is 13.1. The van der Waals surface area contributed by atoms with Crippen molar-refractivity contribution in [2.45, 2.75) is 13.0 Å². The third-order valence-corrected chi connectivity index (χ3v) is 3.55. The van der Waals surface area contributed by atoms with Gasteiger partial charge < -0.3 is 5.73 Å². The lowest BCUT2D eigenvalue weighted by Crippen LogP contribution is -2.10. The van der Waals surface area contributed by atoms with Gasteiger partial charge in [-0.15, -0.1) is 11.3 Å². The van der Waals surface area contributed by atoms with Crippen LogP contribution in [0.25, 0.3) is 0 Å². The topological polar surface area (TPSA) is 38.9 Å². The third kappa shape index (κ3) is 1.80. The zero-order chi connectivity index (χ0) is 9.26. The van der Waals surface area contributed by atoms with Crippen molar-refractivity contribution in [3.8, 4) is 0 Å². The zero-order valence-corrected chi connectivity index (χ0v) is 8.86. The molecule has 4 heteroatoms. The van der Waals surface area contributed by atoms with Crippen LogP contribution in [0.4, 0.5) is 0 Å². The standard InChI is InChI=1S/C9H10N2S2/c1-6-4-13-9(11-6)8(10)7-2-3-12-5-7/h2-5,8H,10H2,1H3. The molecule has 2 heterocycles. The van der Waals surface area contributed by atoms with Crippen molar-refractivity contribution in [2.24, 2.45) is 5.73 Å². The van der Waals surface area contributed by atoms with Gasteiger partial charge in [0.05, 0.1) is 6.04 Å². The number of thiazole rings is 1. The molecule has 0 aliphatic rings. The number of hydrogen-bond donors (Lipinski definition) is 1. The second-order valence-corrected chi connectivity index (χ2v) is 4.53. The van der Waals surface area contributed by atoms with Gasteiger partial charge in [0, 0.05) is 11.1 Å². The Morgan fingerprint density at radius 3 is 2.85 bits per heavy atom. The van der Waals surface area contributed by atoms with Gasteiger partial charge in [0.25, 0.3) is 0 Å². The lowest BCUT2D eigenvalue weighted by Gasteiger charge is -2.04. The minimum atomic E-state index is -0.0510. The summed E-state index contributed by atoms with van der Waals surface area (Å²) in [6.45, 7) is 1.99. The molecule has 0 saturated heterocycles. The first-order chi connectivity index (χ1) is 6.27. The number of aryl methyl sites for hydroxylation is 1. The highest BCUT2D eigenvalue weighted by Crippen LogP contribution is 2.24. The number of nitrogens with two attached hydrogens (primary N) is 1. The summed E-state index contributed by atoms with van der Waals surface area (Å²) in [6, 6.07) is 2.00. The first-order valence-electron chi connectivity index (χ1n) is 3.97. The lowest BCUT2D eigenvalue weighted by molar-refractivity contribution is 0.857. The molecule has 0 saturated carbocycles. The Balaban J connectivity index is 2.28. The summed E-state index contributed by atoms with van der Waals surface area (Å²) in [5, 5.41) is 7.13. The molecule has 0 aromatic carbocycles. The molecule has 2 aromatic heterocycles. The Morgan fingerprint density at radius 2 is 2.31 bits per heavy atom. The second kappa shape index (κ2) is 3.57. The van der Waals surface area contributed by atoms with Crippen LogP contribution in [0.3, 0.4) is 0 Å². The highest BCUT2D eigenvalue weighted by Gasteiger charge is 2.12. The summed E-state index contributed by atoms with van der Waals surface area (Å²) in [5.41, 5.74) is 8.23. The fourth-order valence-electron chi connectivity index (χ4n) is 1.11. The van der Waals surface area contributed by atoms with Crippen molar-refractivity contribution in [3.05, 3.63) is 38.5 Å². The van der Waals surface area contributed by atoms with Crippen LogP contribution >= 0.6 is 22.7 Å². The molecule has 2 nitrogen and oxygen atoms in total. The molecule has 0 aliphatic heterocycles. The first-order valence-corrected chi connectivity index (χ1v) is 5.79. The molecule has 0 amide bonds. The van der Waals surface area contributed by atoms with Crippen molar-refractivity contribution in [2.75, 3.05) is 0 Å². The van der Waals surface area contributed by atoms with Crippen molar-refractivity contribution in [3.63, 3.8) is 0 Å². The largest absolute Gasteiger partial charge is 0.318 e. The predicted octanol–water partition coefficient (Wildman–Crippen LogP) is 2.56. The average Bonchev–Trinajstić information content (AvgIpc) is 2.72. The molecule has 68 valence electrons. The Bertz CT molecular complexity index is 378. The van der Waals surface area contributed by atoms with E-state index < -0.39 is 0 Å². The van der Waals surface area contributed by atoms with Crippen LogP contribution in [-0.4, -0.2) is 4.98 Å². The summed E-state index contributed by atoms with van der Waals surface area (Å²) in [6.07, 6.45) is 0. The maximum absolute atomic E-state index is 6.03. The number of aromatic nitrogens is 1. The van der Waals surface area contributed by atoms with Gasteiger partial charge in [-0.05, 0) is 29.3 Å². The highest BCUT2D eigenvalue weighted by atomic mass is 32.1. The van der Waals surface area contributed by atoms with E-state index in [0.717, 1.165) is 16.3 Å². The molecule has 2 rings (SSSR count). The van der Waals surface area contributed by atoms with E-state index in [9.17, 15) is 0 Å². The van der Waals surface area contributed by atoms with Crippen molar-refractivity contribution >= 4 is 22.7 Å². The Morgan fingerprint density at radius 1 is 1.46 bits per heavy atom. The summed E-state index contributed by atoms with van der Waals surface area (Å²) in [4.78, 5) is 4.36. The van der Waals surface area contributed by atoms with E-state index in [4.69, 9.17) is 5.73 Å². The van der Waals surface area contributed by atoms with Gasteiger partial charge in [-0.2, -0.15) is 11.3 Å². The molecule has 13 heavy (non-hydrogen) atoms. The molecule has 2 N–H and O–H groups in total. The van der Waals surface area contributed by atoms with Gasteiger partial charge in [-0.25, -0.2) is 4.98 Å². The van der Waals surface area contributed by atoms with E-state index in [0.29, 0.717) is 0 Å². The van der Waals surface area contributed by atoms with Gasteiger partial charge in [0.2, 0.25) is 0 Å². The summed E-state index contributed by atoms with van der Waals surface area (Å²) in [5.74, 6) is 0. The molecule has 0 aliphatic carbocycles. The molecular weight excluding hydrogens is 200 g/mol. The second-order valence-electron chi connectivity index (χ2n) is 2.86. The molecule has 0 fully saturated rings. The fraction of sp³-hybridized carbons (Fsp3) is 0.222. The smallest absolute Gasteiger partial charge is 0.114 e. The van der Waals surface area contributed by atoms with Crippen molar-refractivity contribution in [1.29, 1.82) is 0 Å². The van der Waals surface area contributed by atoms with Gasteiger partial charge in [0.1, 0.15) is 5.01 Å². The van der Waals surface area contributed by atoms with Crippen LogP contribution in [-0.2, 0) is 0 Å². The SMILES string of the molecule is Cc1csc(C(N)c2ccsc2)n1. The molecule has 0 radical (unpaired) electrons. The molecule has 0 spiro atoms. The Labute approximate surface area is 85.1 Å². The molecule has 2 aromatic rings. The van der Waals surface area contributed by atoms with Crippen LogP contribution in [0.15, 0.2) is 22.2 Å². The Kier molecular flexibility index (Phi) is 2.44. The highest BCUT2D eigenvalue weighted by molar-refractivity contribution is 7.10. The quantitative estimate of drug-likeness (QED) is 0.827. The number of nitrogens with zero attached hydrogens (tertiary/aromatic N) is 1. The van der Waals surface area contributed by atoms with Crippen LogP contribution in [0.2, 0.25) is 0 Å². The number of rotatable bonds is 2. The minimum Gasteiger partial charge on any atom is -0.318 e. The van der Waals surface area contributed by atoms with Crippen LogP contribution < -0.4 is 5.73 Å². The fourth-order valence-corrected chi connectivity index (χ4v) is 2.63. The summed E-state index contributed by atoms with van der Waals surface area (Å²) < 4.78 is 0. The van der Waals surface area contributed by atoms with E-state index in [1.165, 1.54) is 0 Å². The molecular formula is C9H10N2S2. The number of hydrogen-bond acceptors (Lipinski definition) is 4. The van der Waals surface area contributed by atoms with Crippen molar-refractivity contribution in [1.82, 2.24) is 4.98 Å². The first kappa shape index (κ1) is 8.87. The monoisotopic (exact) mass is 210 g/mol. The average molecular weight is 210 g/mol. The minimum absolute atomic E-state index is 0.0510. The Hall–Kier alpha value is -0.710. The van der Waals surface area contributed by atoms with Crippen molar-refractivity contribution < 1.29 is 0 Å². The van der Waals surface area contributed by atoms with Crippen LogP contribution in [0, 0.1) is 6.92 Å². The van der Waals surface area contributed by atoms with Crippen LogP contribution in [0.1, 0.15) is 22.3 Å². The van der Waals surface area contributed by atoms with E-state index in [2.05, 4.69) is 10.4 Å². The van der Waals surface area contributed by atoms with Gasteiger partial charge in [0.15, 0.2) is 0 Å². The maximum atomic E-state index is 6.03. The summed E-state index contributed by atoms with van der Waals surface area (Å²) in [7, 11) is 0. The zero-order valence-electron chi connectivity index (χ0n) is 7.23. The number of thiophene rings is 1. The molecule has 1 atom stereocenters. The van der Waals surface area contributed by atoms with E-state index >= 15 is 0 Å². The van der Waals surface area contributed by atoms with Gasteiger partial charge >= 0.3 is 0 Å². The van der Waals surface area contributed by atoms with Gasteiger partial charge in [-0.3, -0.25) is 0 Å². The lowest BCUT2D eigenvalue weighted by atomic mass is 10.2. The van der Waals surface area contributed by atoms with E-state index in [1.54, 1.807) is 22.7 Å².